The predicted octanol–water partition coefficient (Wildman–Crippen LogP) is 3.71. The molecule has 0 fully saturated rings. The summed E-state index contributed by atoms with van der Waals surface area (Å²) in [5.41, 5.74) is 1.98. The van der Waals surface area contributed by atoms with E-state index in [0.717, 1.165) is 11.3 Å². The van der Waals surface area contributed by atoms with Crippen molar-refractivity contribution in [2.75, 3.05) is 5.32 Å². The lowest BCUT2D eigenvalue weighted by Crippen LogP contribution is -2.12. The Kier molecular flexibility index (Phi) is 4.63. The lowest BCUT2D eigenvalue weighted by atomic mass is 10.1. The van der Waals surface area contributed by atoms with E-state index in [9.17, 15) is 4.79 Å². The lowest BCUT2D eigenvalue weighted by Gasteiger charge is -2.10. The normalized spacial score (nSPS) is 10.0. The van der Waals surface area contributed by atoms with Crippen LogP contribution in [0.1, 0.15) is 29.8 Å². The van der Waals surface area contributed by atoms with Gasteiger partial charge in [0, 0.05) is 16.8 Å². The minimum Gasteiger partial charge on any atom is -0.491 e. The molecule has 0 unspecified atom stereocenters. The second-order valence-corrected chi connectivity index (χ2v) is 4.87. The molecule has 106 valence electrons. The summed E-state index contributed by atoms with van der Waals surface area (Å²) in [6.07, 6.45) is 5.45. The Labute approximate surface area is 125 Å². The molecule has 0 aromatic heterocycles. The SMILES string of the molecule is C#Cc1cccc(NC(=O)c2ccc(OC(C)C)cc2)c1. The second-order valence-electron chi connectivity index (χ2n) is 4.87. The molecule has 1 amide bonds. The number of nitrogens with one attached hydrogen (secondary N) is 1. The minimum atomic E-state index is -0.180. The molecule has 0 atom stereocenters. The van der Waals surface area contributed by atoms with Crippen molar-refractivity contribution in [1.29, 1.82) is 0 Å². The van der Waals surface area contributed by atoms with Gasteiger partial charge in [0.2, 0.25) is 0 Å². The molecule has 0 aliphatic rings. The zero-order valence-electron chi connectivity index (χ0n) is 12.1. The van der Waals surface area contributed by atoms with Crippen molar-refractivity contribution in [2.45, 2.75) is 20.0 Å². The molecule has 0 radical (unpaired) electrons. The average molecular weight is 279 g/mol. The van der Waals surface area contributed by atoms with Crippen molar-refractivity contribution in [2.24, 2.45) is 0 Å². The van der Waals surface area contributed by atoms with E-state index in [2.05, 4.69) is 11.2 Å². The number of rotatable bonds is 4. The van der Waals surface area contributed by atoms with E-state index in [0.29, 0.717) is 11.3 Å². The van der Waals surface area contributed by atoms with E-state index in [1.54, 1.807) is 36.4 Å². The first kappa shape index (κ1) is 14.7. The summed E-state index contributed by atoms with van der Waals surface area (Å²) in [7, 11) is 0. The van der Waals surface area contributed by atoms with Gasteiger partial charge in [-0.3, -0.25) is 4.79 Å². The number of carbonyl (C=O) groups is 1. The highest BCUT2D eigenvalue weighted by Crippen LogP contribution is 2.16. The molecule has 2 aromatic rings. The lowest BCUT2D eigenvalue weighted by molar-refractivity contribution is 0.102. The summed E-state index contributed by atoms with van der Waals surface area (Å²) < 4.78 is 5.54. The van der Waals surface area contributed by atoms with Gasteiger partial charge >= 0.3 is 0 Å². The standard InChI is InChI=1S/C18H17NO2/c1-4-14-6-5-7-16(12-14)19-18(20)15-8-10-17(11-9-15)21-13(2)3/h1,5-13H,2-3H3,(H,19,20). The molecule has 21 heavy (non-hydrogen) atoms. The Bertz CT molecular complexity index is 666. The molecule has 0 aliphatic heterocycles. The van der Waals surface area contributed by atoms with Gasteiger partial charge in [0.15, 0.2) is 0 Å². The monoisotopic (exact) mass is 279 g/mol. The van der Waals surface area contributed by atoms with Crippen LogP contribution in [0, 0.1) is 12.3 Å². The van der Waals surface area contributed by atoms with Crippen LogP contribution in [0.3, 0.4) is 0 Å². The maximum atomic E-state index is 12.1. The van der Waals surface area contributed by atoms with Crippen LogP contribution in [0.25, 0.3) is 0 Å². The number of hydrogen-bond acceptors (Lipinski definition) is 2. The van der Waals surface area contributed by atoms with Gasteiger partial charge in [-0.1, -0.05) is 12.0 Å². The quantitative estimate of drug-likeness (QED) is 0.866. The molecule has 1 N–H and O–H groups in total. The van der Waals surface area contributed by atoms with E-state index in [-0.39, 0.29) is 12.0 Å². The number of terminal acetylenes is 1. The largest absolute Gasteiger partial charge is 0.491 e. The van der Waals surface area contributed by atoms with Crippen LogP contribution in [0.4, 0.5) is 5.69 Å². The molecule has 0 saturated carbocycles. The van der Waals surface area contributed by atoms with Crippen molar-refractivity contribution in [3.63, 3.8) is 0 Å². The molecule has 2 rings (SSSR count). The highest BCUT2D eigenvalue weighted by atomic mass is 16.5. The van der Waals surface area contributed by atoms with Crippen LogP contribution >= 0.6 is 0 Å². The first-order valence-corrected chi connectivity index (χ1v) is 6.73. The Morgan fingerprint density at radius 2 is 1.90 bits per heavy atom. The average Bonchev–Trinajstić information content (AvgIpc) is 2.47. The van der Waals surface area contributed by atoms with Crippen LogP contribution in [0.15, 0.2) is 48.5 Å². The number of amides is 1. The minimum absolute atomic E-state index is 0.108. The number of carbonyl (C=O) groups excluding carboxylic acids is 1. The summed E-state index contributed by atoms with van der Waals surface area (Å²) >= 11 is 0. The van der Waals surface area contributed by atoms with Crippen molar-refractivity contribution >= 4 is 11.6 Å². The van der Waals surface area contributed by atoms with Gasteiger partial charge in [0.1, 0.15) is 5.75 Å². The fourth-order valence-electron chi connectivity index (χ4n) is 1.85. The molecule has 0 spiro atoms. The highest BCUT2D eigenvalue weighted by molar-refractivity contribution is 6.04. The van der Waals surface area contributed by atoms with E-state index in [1.165, 1.54) is 0 Å². The van der Waals surface area contributed by atoms with Crippen molar-refractivity contribution in [3.05, 3.63) is 59.7 Å². The topological polar surface area (TPSA) is 38.3 Å². The molecular formula is C18H17NO2. The molecule has 0 heterocycles. The van der Waals surface area contributed by atoms with Gasteiger partial charge in [-0.05, 0) is 56.3 Å². The van der Waals surface area contributed by atoms with E-state index in [4.69, 9.17) is 11.2 Å². The summed E-state index contributed by atoms with van der Waals surface area (Å²) in [6.45, 7) is 3.91. The third-order valence-corrected chi connectivity index (χ3v) is 2.78. The third-order valence-electron chi connectivity index (χ3n) is 2.78. The van der Waals surface area contributed by atoms with E-state index in [1.807, 2.05) is 26.0 Å². The van der Waals surface area contributed by atoms with Gasteiger partial charge in [-0.25, -0.2) is 0 Å². The Morgan fingerprint density at radius 3 is 2.52 bits per heavy atom. The van der Waals surface area contributed by atoms with Gasteiger partial charge in [-0.15, -0.1) is 6.42 Å². The number of benzene rings is 2. The third kappa shape index (κ3) is 4.12. The van der Waals surface area contributed by atoms with E-state index < -0.39 is 0 Å². The molecule has 3 nitrogen and oxygen atoms in total. The molecular weight excluding hydrogens is 262 g/mol. The van der Waals surface area contributed by atoms with Gasteiger partial charge in [-0.2, -0.15) is 0 Å². The number of hydrogen-bond donors (Lipinski definition) is 1. The van der Waals surface area contributed by atoms with E-state index >= 15 is 0 Å². The number of ether oxygens (including phenoxy) is 1. The molecule has 0 saturated heterocycles. The first-order valence-electron chi connectivity index (χ1n) is 6.73. The summed E-state index contributed by atoms with van der Waals surface area (Å²) in [5.74, 6) is 3.10. The number of anilines is 1. The maximum Gasteiger partial charge on any atom is 0.255 e. The zero-order chi connectivity index (χ0) is 15.2. The zero-order valence-corrected chi connectivity index (χ0v) is 12.1. The molecule has 2 aromatic carbocycles. The Hall–Kier alpha value is -2.73. The molecule has 3 heteroatoms. The Morgan fingerprint density at radius 1 is 1.19 bits per heavy atom. The summed E-state index contributed by atoms with van der Waals surface area (Å²) in [5, 5.41) is 2.82. The second kappa shape index (κ2) is 6.62. The highest BCUT2D eigenvalue weighted by Gasteiger charge is 2.07. The smallest absolute Gasteiger partial charge is 0.255 e. The Balaban J connectivity index is 2.08. The summed E-state index contributed by atoms with van der Waals surface area (Å²) in [6, 6.07) is 14.2. The van der Waals surface area contributed by atoms with Gasteiger partial charge in [0.25, 0.3) is 5.91 Å². The first-order chi connectivity index (χ1) is 10.1. The van der Waals surface area contributed by atoms with Crippen LogP contribution in [0.5, 0.6) is 5.75 Å². The van der Waals surface area contributed by atoms with Crippen LogP contribution in [0.2, 0.25) is 0 Å². The molecule has 0 aliphatic carbocycles. The maximum absolute atomic E-state index is 12.1. The fraction of sp³-hybridized carbons (Fsp3) is 0.167. The van der Waals surface area contributed by atoms with Crippen molar-refractivity contribution in [3.8, 4) is 18.1 Å². The van der Waals surface area contributed by atoms with Crippen LogP contribution in [-0.4, -0.2) is 12.0 Å². The van der Waals surface area contributed by atoms with Crippen molar-refractivity contribution in [1.82, 2.24) is 0 Å². The van der Waals surface area contributed by atoms with Gasteiger partial charge in [0.05, 0.1) is 6.10 Å². The summed E-state index contributed by atoms with van der Waals surface area (Å²) in [4.78, 5) is 12.1. The van der Waals surface area contributed by atoms with Gasteiger partial charge < -0.3 is 10.1 Å². The predicted molar refractivity (Wildman–Crippen MR) is 84.5 cm³/mol. The van der Waals surface area contributed by atoms with Crippen LogP contribution < -0.4 is 10.1 Å². The van der Waals surface area contributed by atoms with Crippen molar-refractivity contribution < 1.29 is 9.53 Å². The van der Waals surface area contributed by atoms with Crippen LogP contribution in [-0.2, 0) is 0 Å². The molecule has 0 bridgehead atoms. The fourth-order valence-corrected chi connectivity index (χ4v) is 1.85.